The maximum absolute atomic E-state index is 12.0. The van der Waals surface area contributed by atoms with Crippen LogP contribution in [0.1, 0.15) is 38.5 Å². The van der Waals surface area contributed by atoms with E-state index in [1.807, 2.05) is 0 Å². The number of esters is 2. The number of hydrogen-bond acceptors (Lipinski definition) is 9. The molecule has 0 aliphatic rings. The van der Waals surface area contributed by atoms with Gasteiger partial charge in [0.15, 0.2) is 12.4 Å². The fraction of sp³-hybridized carbons (Fsp3) is 0.267. The van der Waals surface area contributed by atoms with Crippen LogP contribution in [0.5, 0.6) is 0 Å². The predicted octanol–water partition coefficient (Wildman–Crippen LogP) is 1.84. The Morgan fingerprint density at radius 3 is 2.76 bits per heavy atom. The average molecular weight is 361 g/mol. The first-order chi connectivity index (χ1) is 12.0. The molecule has 3 aromatic rings. The van der Waals surface area contributed by atoms with E-state index in [0.717, 1.165) is 0 Å². The number of fused-ring (bicyclic) bond motifs is 1. The van der Waals surface area contributed by atoms with Crippen LogP contribution in [0.2, 0.25) is 0 Å². The fourth-order valence-corrected chi connectivity index (χ4v) is 3.35. The third-order valence-corrected chi connectivity index (χ3v) is 4.54. The molecule has 3 rings (SSSR count). The summed E-state index contributed by atoms with van der Waals surface area (Å²) in [6.45, 7) is 3.63. The number of nitrogens with one attached hydrogen (secondary N) is 1. The van der Waals surface area contributed by atoms with E-state index in [2.05, 4.69) is 20.2 Å². The molecular formula is C15H15N5O4S. The second-order valence-corrected chi connectivity index (χ2v) is 6.03. The van der Waals surface area contributed by atoms with Crippen molar-refractivity contribution in [2.45, 2.75) is 20.5 Å². The molecule has 10 heteroatoms. The summed E-state index contributed by atoms with van der Waals surface area (Å²) in [5.74, 6) is -0.527. The van der Waals surface area contributed by atoms with Gasteiger partial charge in [-0.25, -0.2) is 19.6 Å². The molecule has 0 saturated heterocycles. The third-order valence-electron chi connectivity index (χ3n) is 3.38. The number of rotatable bonds is 5. The van der Waals surface area contributed by atoms with Gasteiger partial charge < -0.3 is 15.2 Å². The van der Waals surface area contributed by atoms with Crippen molar-refractivity contribution in [2.24, 2.45) is 0 Å². The summed E-state index contributed by atoms with van der Waals surface area (Å²) in [5.41, 5.74) is 6.90. The Hall–Kier alpha value is -3.01. The molecule has 3 aromatic heterocycles. The van der Waals surface area contributed by atoms with E-state index in [4.69, 9.17) is 15.2 Å². The number of aromatic nitrogens is 4. The molecule has 0 spiro atoms. The highest BCUT2D eigenvalue weighted by Crippen LogP contribution is 2.33. The highest BCUT2D eigenvalue weighted by atomic mass is 32.1. The Bertz CT molecular complexity index is 935. The van der Waals surface area contributed by atoms with E-state index in [9.17, 15) is 9.59 Å². The van der Waals surface area contributed by atoms with Crippen LogP contribution < -0.4 is 5.73 Å². The molecule has 0 aliphatic carbocycles. The van der Waals surface area contributed by atoms with Crippen LogP contribution in [0.4, 0.5) is 5.82 Å². The molecule has 25 heavy (non-hydrogen) atoms. The fourth-order valence-electron chi connectivity index (χ4n) is 2.25. The summed E-state index contributed by atoms with van der Waals surface area (Å²) in [5, 5.41) is 6.80. The third kappa shape index (κ3) is 3.29. The van der Waals surface area contributed by atoms with Crippen molar-refractivity contribution in [1.29, 1.82) is 0 Å². The predicted molar refractivity (Wildman–Crippen MR) is 90.2 cm³/mol. The lowest BCUT2D eigenvalue weighted by Gasteiger charge is -2.04. The summed E-state index contributed by atoms with van der Waals surface area (Å²) < 4.78 is 10.2. The molecule has 3 N–H and O–H groups in total. The van der Waals surface area contributed by atoms with E-state index in [-0.39, 0.29) is 30.5 Å². The molecule has 0 amide bonds. The molecular weight excluding hydrogens is 346 g/mol. The summed E-state index contributed by atoms with van der Waals surface area (Å²) in [4.78, 5) is 33.3. The standard InChI is InChI=1S/C15H15N5O4S/c1-3-23-15(22)11-7(2)10-12(16)18-9(19-13(10)25-11)6-24-14(21)8-4-5-17-20-8/h4-5H,3,6H2,1-2H3,(H,17,20)(H2,16,18,19). The minimum Gasteiger partial charge on any atom is -0.462 e. The maximum Gasteiger partial charge on any atom is 0.356 e. The minimum atomic E-state index is -0.575. The van der Waals surface area contributed by atoms with Crippen LogP contribution in [-0.2, 0) is 16.1 Å². The number of ether oxygens (including phenoxy) is 2. The van der Waals surface area contributed by atoms with Gasteiger partial charge in [0.2, 0.25) is 0 Å². The number of aromatic amines is 1. The molecule has 0 fully saturated rings. The molecule has 0 atom stereocenters. The zero-order valence-corrected chi connectivity index (χ0v) is 14.3. The van der Waals surface area contributed by atoms with Gasteiger partial charge in [0.1, 0.15) is 21.2 Å². The van der Waals surface area contributed by atoms with E-state index < -0.39 is 11.9 Å². The lowest BCUT2D eigenvalue weighted by molar-refractivity contribution is 0.0454. The molecule has 0 bridgehead atoms. The number of anilines is 1. The van der Waals surface area contributed by atoms with Crippen molar-refractivity contribution < 1.29 is 19.1 Å². The first-order valence-electron chi connectivity index (χ1n) is 7.40. The number of thiophene rings is 1. The Balaban J connectivity index is 1.86. The quantitative estimate of drug-likeness (QED) is 0.658. The van der Waals surface area contributed by atoms with Gasteiger partial charge in [0.05, 0.1) is 12.0 Å². The number of nitrogens with two attached hydrogens (primary N) is 1. The number of H-pyrrole nitrogens is 1. The maximum atomic E-state index is 12.0. The van der Waals surface area contributed by atoms with Crippen molar-refractivity contribution >= 4 is 39.3 Å². The van der Waals surface area contributed by atoms with Gasteiger partial charge >= 0.3 is 11.9 Å². The SMILES string of the molecule is CCOC(=O)c1sc2nc(COC(=O)c3ccn[nH]3)nc(N)c2c1C. The van der Waals surface area contributed by atoms with Crippen LogP contribution in [0.3, 0.4) is 0 Å². The molecule has 9 nitrogen and oxygen atoms in total. The van der Waals surface area contributed by atoms with Crippen LogP contribution in [0.15, 0.2) is 12.3 Å². The van der Waals surface area contributed by atoms with E-state index in [1.54, 1.807) is 13.8 Å². The molecule has 3 heterocycles. The lowest BCUT2D eigenvalue weighted by atomic mass is 10.2. The summed E-state index contributed by atoms with van der Waals surface area (Å²) in [7, 11) is 0. The van der Waals surface area contributed by atoms with E-state index in [0.29, 0.717) is 20.7 Å². The summed E-state index contributed by atoms with van der Waals surface area (Å²) >= 11 is 1.17. The van der Waals surface area contributed by atoms with Crippen LogP contribution in [-0.4, -0.2) is 38.7 Å². The molecule has 0 radical (unpaired) electrons. The van der Waals surface area contributed by atoms with E-state index in [1.165, 1.54) is 23.6 Å². The molecule has 130 valence electrons. The number of aryl methyl sites for hydroxylation is 1. The van der Waals surface area contributed by atoms with Crippen molar-refractivity contribution in [3.05, 3.63) is 34.2 Å². The summed E-state index contributed by atoms with van der Waals surface area (Å²) in [6.07, 6.45) is 1.45. The van der Waals surface area contributed by atoms with Gasteiger partial charge in [0.25, 0.3) is 0 Å². The molecule has 0 aromatic carbocycles. The normalized spacial score (nSPS) is 10.8. The molecule has 0 unspecified atom stereocenters. The monoisotopic (exact) mass is 361 g/mol. The Morgan fingerprint density at radius 1 is 1.28 bits per heavy atom. The topological polar surface area (TPSA) is 133 Å². The van der Waals surface area contributed by atoms with Gasteiger partial charge in [-0.3, -0.25) is 5.10 Å². The van der Waals surface area contributed by atoms with Gasteiger partial charge in [-0.2, -0.15) is 5.10 Å². The Kier molecular flexibility index (Phi) is 4.61. The van der Waals surface area contributed by atoms with Crippen LogP contribution >= 0.6 is 11.3 Å². The summed E-state index contributed by atoms with van der Waals surface area (Å²) in [6, 6.07) is 1.50. The van der Waals surface area contributed by atoms with Gasteiger partial charge in [-0.05, 0) is 25.5 Å². The second kappa shape index (κ2) is 6.85. The zero-order chi connectivity index (χ0) is 18.0. The van der Waals surface area contributed by atoms with Crippen LogP contribution in [0, 0.1) is 6.92 Å². The Morgan fingerprint density at radius 2 is 2.08 bits per heavy atom. The van der Waals surface area contributed by atoms with Gasteiger partial charge in [0, 0.05) is 6.20 Å². The van der Waals surface area contributed by atoms with Crippen molar-refractivity contribution in [3.8, 4) is 0 Å². The number of carbonyl (C=O) groups is 2. The Labute approximate surface area is 146 Å². The number of nitrogens with zero attached hydrogens (tertiary/aromatic N) is 3. The lowest BCUT2D eigenvalue weighted by Crippen LogP contribution is -2.09. The molecule has 0 saturated carbocycles. The number of hydrogen-bond donors (Lipinski definition) is 2. The van der Waals surface area contributed by atoms with E-state index >= 15 is 0 Å². The van der Waals surface area contributed by atoms with Crippen molar-refractivity contribution in [2.75, 3.05) is 12.3 Å². The first-order valence-corrected chi connectivity index (χ1v) is 8.22. The van der Waals surface area contributed by atoms with Crippen molar-refractivity contribution in [1.82, 2.24) is 20.2 Å². The van der Waals surface area contributed by atoms with Crippen molar-refractivity contribution in [3.63, 3.8) is 0 Å². The largest absolute Gasteiger partial charge is 0.462 e. The number of nitrogen functional groups attached to an aromatic ring is 1. The first kappa shape index (κ1) is 16.8. The van der Waals surface area contributed by atoms with Crippen LogP contribution in [0.25, 0.3) is 10.2 Å². The second-order valence-electron chi connectivity index (χ2n) is 5.03. The van der Waals surface area contributed by atoms with Gasteiger partial charge in [-0.15, -0.1) is 11.3 Å². The highest BCUT2D eigenvalue weighted by molar-refractivity contribution is 7.20. The number of carbonyl (C=O) groups excluding carboxylic acids is 2. The zero-order valence-electron chi connectivity index (χ0n) is 13.5. The van der Waals surface area contributed by atoms with Gasteiger partial charge in [-0.1, -0.05) is 0 Å². The highest BCUT2D eigenvalue weighted by Gasteiger charge is 2.21. The molecule has 0 aliphatic heterocycles. The smallest absolute Gasteiger partial charge is 0.356 e. The average Bonchev–Trinajstić information content (AvgIpc) is 3.21. The minimum absolute atomic E-state index is 0.149.